The Morgan fingerprint density at radius 3 is 2.85 bits per heavy atom. The van der Waals surface area contributed by atoms with E-state index in [2.05, 4.69) is 17.2 Å². The van der Waals surface area contributed by atoms with Gasteiger partial charge in [-0.2, -0.15) is 5.10 Å². The summed E-state index contributed by atoms with van der Waals surface area (Å²) in [5.41, 5.74) is 9.61. The summed E-state index contributed by atoms with van der Waals surface area (Å²) in [6, 6.07) is 13.8. The molecule has 0 fully saturated rings. The third-order valence-electron chi connectivity index (χ3n) is 3.41. The van der Waals surface area contributed by atoms with Crippen molar-refractivity contribution in [1.82, 2.24) is 9.78 Å². The SMILES string of the molecule is Cc1ccc(N)cc1OCc1nn(C)c2ccccc12. The van der Waals surface area contributed by atoms with Crippen molar-refractivity contribution in [2.45, 2.75) is 13.5 Å². The molecule has 0 aliphatic rings. The van der Waals surface area contributed by atoms with Crippen LogP contribution in [0.2, 0.25) is 0 Å². The van der Waals surface area contributed by atoms with Crippen molar-refractivity contribution in [2.24, 2.45) is 7.05 Å². The number of nitrogens with two attached hydrogens (primary N) is 1. The number of aryl methyl sites for hydroxylation is 2. The standard InChI is InChI=1S/C16H17N3O/c1-11-7-8-12(17)9-16(11)20-10-14-13-5-3-4-6-15(13)19(2)18-14/h3-9H,10,17H2,1-2H3. The van der Waals surface area contributed by atoms with Gasteiger partial charge in [0.05, 0.1) is 5.52 Å². The van der Waals surface area contributed by atoms with Crippen LogP contribution in [0.4, 0.5) is 5.69 Å². The van der Waals surface area contributed by atoms with Crippen molar-refractivity contribution in [1.29, 1.82) is 0 Å². The number of nitrogens with zero attached hydrogens (tertiary/aromatic N) is 2. The predicted molar refractivity (Wildman–Crippen MR) is 80.6 cm³/mol. The van der Waals surface area contributed by atoms with Crippen LogP contribution in [0, 0.1) is 6.92 Å². The molecule has 4 heteroatoms. The Kier molecular flexibility index (Phi) is 3.06. The maximum Gasteiger partial charge on any atom is 0.133 e. The number of benzene rings is 2. The molecule has 0 atom stereocenters. The van der Waals surface area contributed by atoms with Crippen LogP contribution >= 0.6 is 0 Å². The third-order valence-corrected chi connectivity index (χ3v) is 3.41. The lowest BCUT2D eigenvalue weighted by Crippen LogP contribution is -2.00. The van der Waals surface area contributed by atoms with Crippen LogP contribution in [0.3, 0.4) is 0 Å². The van der Waals surface area contributed by atoms with Gasteiger partial charge in [-0.1, -0.05) is 24.3 Å². The first-order valence-electron chi connectivity index (χ1n) is 6.54. The summed E-state index contributed by atoms with van der Waals surface area (Å²) in [5.74, 6) is 0.805. The minimum atomic E-state index is 0.436. The molecule has 0 radical (unpaired) electrons. The Bertz CT molecular complexity index is 762. The van der Waals surface area contributed by atoms with Crippen molar-refractivity contribution >= 4 is 16.6 Å². The highest BCUT2D eigenvalue weighted by molar-refractivity contribution is 5.81. The van der Waals surface area contributed by atoms with Gasteiger partial charge in [0.25, 0.3) is 0 Å². The summed E-state index contributed by atoms with van der Waals surface area (Å²) in [6.07, 6.45) is 0. The molecular formula is C16H17N3O. The molecule has 3 rings (SSSR count). The van der Waals surface area contributed by atoms with E-state index in [-0.39, 0.29) is 0 Å². The largest absolute Gasteiger partial charge is 0.487 e. The van der Waals surface area contributed by atoms with Crippen molar-refractivity contribution < 1.29 is 4.74 Å². The first-order chi connectivity index (χ1) is 9.65. The molecule has 20 heavy (non-hydrogen) atoms. The molecule has 2 aromatic carbocycles. The molecule has 3 aromatic rings. The van der Waals surface area contributed by atoms with Gasteiger partial charge in [-0.15, -0.1) is 0 Å². The smallest absolute Gasteiger partial charge is 0.133 e. The molecule has 0 amide bonds. The van der Waals surface area contributed by atoms with E-state index < -0.39 is 0 Å². The van der Waals surface area contributed by atoms with Gasteiger partial charge in [0.1, 0.15) is 18.1 Å². The van der Waals surface area contributed by atoms with E-state index in [0.717, 1.165) is 27.9 Å². The van der Waals surface area contributed by atoms with E-state index in [1.165, 1.54) is 0 Å². The zero-order chi connectivity index (χ0) is 14.1. The van der Waals surface area contributed by atoms with Crippen LogP contribution < -0.4 is 10.5 Å². The predicted octanol–water partition coefficient (Wildman–Crippen LogP) is 3.04. The molecule has 0 unspecified atom stereocenters. The summed E-state index contributed by atoms with van der Waals surface area (Å²) in [5, 5.41) is 5.64. The Morgan fingerprint density at radius 2 is 2.00 bits per heavy atom. The third kappa shape index (κ3) is 2.20. The number of para-hydroxylation sites is 1. The minimum Gasteiger partial charge on any atom is -0.487 e. The van der Waals surface area contributed by atoms with Crippen molar-refractivity contribution in [3.63, 3.8) is 0 Å². The van der Waals surface area contributed by atoms with Crippen LogP contribution in [0.5, 0.6) is 5.75 Å². The van der Waals surface area contributed by atoms with E-state index in [1.54, 1.807) is 0 Å². The molecule has 2 N–H and O–H groups in total. The number of hydrogen-bond acceptors (Lipinski definition) is 3. The number of ether oxygens (including phenoxy) is 1. The van der Waals surface area contributed by atoms with Gasteiger partial charge in [0, 0.05) is 24.2 Å². The average Bonchev–Trinajstić information content (AvgIpc) is 2.77. The molecule has 0 spiro atoms. The fourth-order valence-electron chi connectivity index (χ4n) is 2.31. The van der Waals surface area contributed by atoms with E-state index in [4.69, 9.17) is 10.5 Å². The lowest BCUT2D eigenvalue weighted by Gasteiger charge is -2.08. The van der Waals surface area contributed by atoms with Crippen molar-refractivity contribution in [3.8, 4) is 5.75 Å². The summed E-state index contributed by atoms with van der Waals surface area (Å²) in [6.45, 7) is 2.44. The quantitative estimate of drug-likeness (QED) is 0.742. The number of aromatic nitrogens is 2. The first kappa shape index (κ1) is 12.5. The highest BCUT2D eigenvalue weighted by Crippen LogP contribution is 2.23. The van der Waals surface area contributed by atoms with Crippen molar-refractivity contribution in [3.05, 3.63) is 53.7 Å². The van der Waals surface area contributed by atoms with E-state index in [9.17, 15) is 0 Å². The maximum atomic E-state index is 5.87. The zero-order valence-corrected chi connectivity index (χ0v) is 11.6. The second kappa shape index (κ2) is 4.89. The van der Waals surface area contributed by atoms with E-state index >= 15 is 0 Å². The topological polar surface area (TPSA) is 53.1 Å². The molecule has 1 heterocycles. The van der Waals surface area contributed by atoms with Gasteiger partial charge >= 0.3 is 0 Å². The number of rotatable bonds is 3. The molecule has 4 nitrogen and oxygen atoms in total. The second-order valence-corrected chi connectivity index (χ2v) is 4.90. The number of hydrogen-bond donors (Lipinski definition) is 1. The van der Waals surface area contributed by atoms with E-state index in [1.807, 2.05) is 49.0 Å². The number of fused-ring (bicyclic) bond motifs is 1. The zero-order valence-electron chi connectivity index (χ0n) is 11.6. The first-order valence-corrected chi connectivity index (χ1v) is 6.54. The molecule has 102 valence electrons. The monoisotopic (exact) mass is 267 g/mol. The van der Waals surface area contributed by atoms with Crippen LogP contribution in [-0.2, 0) is 13.7 Å². The molecule has 0 saturated heterocycles. The Hall–Kier alpha value is -2.49. The lowest BCUT2D eigenvalue weighted by atomic mass is 10.2. The maximum absolute atomic E-state index is 5.87. The molecule has 0 bridgehead atoms. The number of nitrogen functional groups attached to an aromatic ring is 1. The molecule has 0 saturated carbocycles. The lowest BCUT2D eigenvalue weighted by molar-refractivity contribution is 0.299. The normalized spacial score (nSPS) is 10.9. The van der Waals surface area contributed by atoms with Gasteiger partial charge < -0.3 is 10.5 Å². The summed E-state index contributed by atoms with van der Waals surface area (Å²) in [4.78, 5) is 0. The van der Waals surface area contributed by atoms with Gasteiger partial charge in [-0.25, -0.2) is 0 Å². The van der Waals surface area contributed by atoms with Gasteiger partial charge in [0.2, 0.25) is 0 Å². The van der Waals surface area contributed by atoms with Crippen molar-refractivity contribution in [2.75, 3.05) is 5.73 Å². The van der Waals surface area contributed by atoms with Crippen LogP contribution in [0.1, 0.15) is 11.3 Å². The summed E-state index contributed by atoms with van der Waals surface area (Å²) in [7, 11) is 1.94. The molecule has 0 aliphatic heterocycles. The fourth-order valence-corrected chi connectivity index (χ4v) is 2.31. The summed E-state index contributed by atoms with van der Waals surface area (Å²) >= 11 is 0. The average molecular weight is 267 g/mol. The molecule has 0 aliphatic carbocycles. The highest BCUT2D eigenvalue weighted by atomic mass is 16.5. The number of anilines is 1. The Balaban J connectivity index is 1.89. The van der Waals surface area contributed by atoms with Gasteiger partial charge in [-0.3, -0.25) is 4.68 Å². The fraction of sp³-hybridized carbons (Fsp3) is 0.188. The highest BCUT2D eigenvalue weighted by Gasteiger charge is 2.09. The Morgan fingerprint density at radius 1 is 1.20 bits per heavy atom. The molecular weight excluding hydrogens is 250 g/mol. The van der Waals surface area contributed by atoms with Crippen LogP contribution in [0.25, 0.3) is 10.9 Å². The Labute approximate surface area is 117 Å². The van der Waals surface area contributed by atoms with Gasteiger partial charge in [0.15, 0.2) is 0 Å². The van der Waals surface area contributed by atoms with Gasteiger partial charge in [-0.05, 0) is 24.6 Å². The second-order valence-electron chi connectivity index (χ2n) is 4.90. The minimum absolute atomic E-state index is 0.436. The summed E-state index contributed by atoms with van der Waals surface area (Å²) < 4.78 is 7.74. The molecule has 1 aromatic heterocycles. The van der Waals surface area contributed by atoms with Crippen LogP contribution in [0.15, 0.2) is 42.5 Å². The van der Waals surface area contributed by atoms with Crippen LogP contribution in [-0.4, -0.2) is 9.78 Å². The van der Waals surface area contributed by atoms with E-state index in [0.29, 0.717) is 12.3 Å².